The van der Waals surface area contributed by atoms with Crippen LogP contribution in [0.3, 0.4) is 0 Å². The fourth-order valence-corrected chi connectivity index (χ4v) is 4.05. The van der Waals surface area contributed by atoms with Gasteiger partial charge in [-0.1, -0.05) is 13.0 Å². The summed E-state index contributed by atoms with van der Waals surface area (Å²) in [5.41, 5.74) is -2.87. The molecule has 0 saturated carbocycles. The van der Waals surface area contributed by atoms with E-state index in [0.29, 0.717) is 0 Å². The van der Waals surface area contributed by atoms with Gasteiger partial charge < -0.3 is 29.7 Å². The summed E-state index contributed by atoms with van der Waals surface area (Å²) < 4.78 is 85.7. The van der Waals surface area contributed by atoms with Crippen molar-refractivity contribution >= 4 is 11.6 Å². The van der Waals surface area contributed by atoms with Crippen LogP contribution in [0.5, 0.6) is 11.6 Å². The number of hydrogen-bond donors (Lipinski definition) is 3. The summed E-state index contributed by atoms with van der Waals surface area (Å²) in [6.45, 7) is 1.14. The first kappa shape index (κ1) is 27.6. The summed E-state index contributed by atoms with van der Waals surface area (Å²) in [5, 5.41) is 20.7. The minimum absolute atomic E-state index is 0.0417. The Kier molecular flexibility index (Phi) is 8.06. The number of nitrogens with one attached hydrogen (secondary N) is 1. The predicted molar refractivity (Wildman–Crippen MR) is 116 cm³/mol. The molecule has 1 saturated heterocycles. The van der Waals surface area contributed by atoms with Crippen molar-refractivity contribution in [3.8, 4) is 11.6 Å². The Labute approximate surface area is 203 Å². The average Bonchev–Trinajstić information content (AvgIpc) is 3.11. The summed E-state index contributed by atoms with van der Waals surface area (Å²) in [6.07, 6.45) is -6.59. The monoisotopic (exact) mass is 520 g/mol. The van der Waals surface area contributed by atoms with Crippen LogP contribution >= 0.6 is 0 Å². The van der Waals surface area contributed by atoms with Crippen molar-refractivity contribution in [3.63, 3.8) is 0 Å². The van der Waals surface area contributed by atoms with E-state index in [1.165, 1.54) is 25.3 Å². The number of aromatic nitrogens is 1. The molecule has 3 N–H and O–H groups in total. The van der Waals surface area contributed by atoms with E-state index in [9.17, 15) is 31.9 Å². The highest BCUT2D eigenvalue weighted by atomic mass is 19.4. The molecule has 198 valence electrons. The Hall–Kier alpha value is -3.03. The number of hydrogen-bond acceptors (Lipinski definition) is 7. The van der Waals surface area contributed by atoms with E-state index in [2.05, 4.69) is 10.3 Å². The lowest BCUT2D eigenvalue weighted by atomic mass is 9.77. The maximum atomic E-state index is 14.4. The molecule has 2 heterocycles. The van der Waals surface area contributed by atoms with Crippen LogP contribution in [-0.4, -0.2) is 65.4 Å². The van der Waals surface area contributed by atoms with Crippen molar-refractivity contribution in [1.29, 1.82) is 0 Å². The van der Waals surface area contributed by atoms with Gasteiger partial charge in [0.1, 0.15) is 18.8 Å². The third-order valence-electron chi connectivity index (χ3n) is 6.21. The molecular formula is C23H25F5N2O6. The Morgan fingerprint density at radius 2 is 2.00 bits per heavy atom. The van der Waals surface area contributed by atoms with Crippen molar-refractivity contribution in [2.45, 2.75) is 43.8 Å². The predicted octanol–water partition coefficient (Wildman–Crippen LogP) is 3.18. The number of amides is 1. The van der Waals surface area contributed by atoms with Gasteiger partial charge >= 0.3 is 6.18 Å². The number of methoxy groups -OCH3 is 1. The molecule has 5 atom stereocenters. The first-order chi connectivity index (χ1) is 16.8. The molecule has 1 aliphatic rings. The lowest BCUT2D eigenvalue weighted by molar-refractivity contribution is -0.272. The Balaban J connectivity index is 1.96. The Morgan fingerprint density at radius 3 is 2.61 bits per heavy atom. The molecule has 1 aliphatic heterocycles. The second-order valence-electron chi connectivity index (χ2n) is 8.46. The van der Waals surface area contributed by atoms with E-state index >= 15 is 0 Å². The molecule has 8 nitrogen and oxygen atoms in total. The summed E-state index contributed by atoms with van der Waals surface area (Å²) in [5.74, 6) is -7.08. The molecule has 0 radical (unpaired) electrons. The minimum atomic E-state index is -4.89. The van der Waals surface area contributed by atoms with Crippen LogP contribution < -0.4 is 14.8 Å². The molecule has 2 aromatic rings. The number of aliphatic hydroxyl groups is 2. The zero-order valence-corrected chi connectivity index (χ0v) is 19.5. The van der Waals surface area contributed by atoms with Crippen molar-refractivity contribution in [3.05, 3.63) is 47.7 Å². The van der Waals surface area contributed by atoms with Crippen molar-refractivity contribution in [2.75, 3.05) is 25.6 Å². The van der Waals surface area contributed by atoms with E-state index in [1.807, 2.05) is 0 Å². The van der Waals surface area contributed by atoms with E-state index < -0.39 is 65.7 Å². The second kappa shape index (κ2) is 10.5. The molecule has 1 aromatic heterocycles. The molecule has 3 rings (SSSR count). The Bertz CT molecular complexity index is 1100. The zero-order valence-electron chi connectivity index (χ0n) is 19.5. The number of alkyl halides is 3. The number of pyridine rings is 1. The van der Waals surface area contributed by atoms with Gasteiger partial charge in [-0.3, -0.25) is 4.79 Å². The highest BCUT2D eigenvalue weighted by Crippen LogP contribution is 2.55. The van der Waals surface area contributed by atoms with E-state index in [-0.39, 0.29) is 23.7 Å². The van der Waals surface area contributed by atoms with Crippen molar-refractivity contribution in [2.24, 2.45) is 5.92 Å². The highest BCUT2D eigenvalue weighted by Gasteiger charge is 2.65. The molecule has 1 fully saturated rings. The first-order valence-electron chi connectivity index (χ1n) is 10.8. The number of nitrogens with zero attached hydrogens (tertiary/aromatic N) is 1. The molecule has 36 heavy (non-hydrogen) atoms. The standard InChI is InChI=1S/C23H25F5N2O6/c1-11-17(14-4-5-15(24)18(25)19(14)34-3)20(36-22(11,2)23(26,27)28)21(33)30-12-6-7-29-16(8-12)35-10-13(32)9-31/h4-8,11,13,17,20,31-32H,9-10H2,1-3H3,(H,29,30,33)/t11-,13-,17-,20+,22+/m1/s1. The zero-order chi connectivity index (χ0) is 26.8. The molecule has 0 bridgehead atoms. The van der Waals surface area contributed by atoms with Gasteiger partial charge in [-0.2, -0.15) is 17.6 Å². The number of aliphatic hydroxyl groups excluding tert-OH is 2. The molecule has 0 aliphatic carbocycles. The van der Waals surface area contributed by atoms with E-state index in [0.717, 1.165) is 26.2 Å². The Morgan fingerprint density at radius 1 is 1.31 bits per heavy atom. The van der Waals surface area contributed by atoms with Gasteiger partial charge in [0, 0.05) is 35.3 Å². The van der Waals surface area contributed by atoms with Crippen LogP contribution in [0.4, 0.5) is 27.6 Å². The van der Waals surface area contributed by atoms with Gasteiger partial charge in [0.2, 0.25) is 11.7 Å². The van der Waals surface area contributed by atoms with Gasteiger partial charge in [-0.25, -0.2) is 9.37 Å². The number of halogens is 5. The molecule has 1 aromatic carbocycles. The topological polar surface area (TPSA) is 110 Å². The van der Waals surface area contributed by atoms with Crippen LogP contribution in [0.2, 0.25) is 0 Å². The largest absolute Gasteiger partial charge is 0.493 e. The van der Waals surface area contributed by atoms with Crippen LogP contribution in [0.1, 0.15) is 25.3 Å². The van der Waals surface area contributed by atoms with Crippen LogP contribution in [0.25, 0.3) is 0 Å². The summed E-state index contributed by atoms with van der Waals surface area (Å²) in [7, 11) is 1.03. The fraction of sp³-hybridized carbons (Fsp3) is 0.478. The van der Waals surface area contributed by atoms with Gasteiger partial charge in [-0.15, -0.1) is 0 Å². The SMILES string of the molecule is COc1c([C@@H]2[C@@H](C(=O)Nc3ccnc(OC[C@H](O)CO)c3)O[C@](C)(C(F)(F)F)[C@@H]2C)ccc(F)c1F. The lowest BCUT2D eigenvalue weighted by Crippen LogP contribution is -2.47. The number of carbonyl (C=O) groups is 1. The molecular weight excluding hydrogens is 495 g/mol. The third-order valence-corrected chi connectivity index (χ3v) is 6.21. The normalized spacial score (nSPS) is 24.9. The molecule has 1 amide bonds. The van der Waals surface area contributed by atoms with Gasteiger partial charge in [-0.05, 0) is 19.1 Å². The highest BCUT2D eigenvalue weighted by molar-refractivity contribution is 5.95. The third kappa shape index (κ3) is 5.22. The van der Waals surface area contributed by atoms with Crippen molar-refractivity contribution < 1.29 is 51.2 Å². The molecule has 0 spiro atoms. The summed E-state index contributed by atoms with van der Waals surface area (Å²) in [4.78, 5) is 17.1. The molecule has 13 heteroatoms. The number of rotatable bonds is 8. The summed E-state index contributed by atoms with van der Waals surface area (Å²) >= 11 is 0. The summed E-state index contributed by atoms with van der Waals surface area (Å²) in [6, 6.07) is 4.39. The van der Waals surface area contributed by atoms with Crippen molar-refractivity contribution in [1.82, 2.24) is 4.98 Å². The van der Waals surface area contributed by atoms with Crippen LogP contribution in [0, 0.1) is 17.6 Å². The molecule has 0 unspecified atom stereocenters. The smallest absolute Gasteiger partial charge is 0.417 e. The van der Waals surface area contributed by atoms with E-state index in [1.54, 1.807) is 0 Å². The van der Waals surface area contributed by atoms with Gasteiger partial charge in [0.25, 0.3) is 5.91 Å². The average molecular weight is 520 g/mol. The quantitative estimate of drug-likeness (QED) is 0.459. The number of carbonyl (C=O) groups excluding carboxylic acids is 1. The van der Waals surface area contributed by atoms with E-state index in [4.69, 9.17) is 19.3 Å². The number of benzene rings is 1. The van der Waals surface area contributed by atoms with Gasteiger partial charge in [0.05, 0.1) is 13.7 Å². The first-order valence-corrected chi connectivity index (χ1v) is 10.8. The van der Waals surface area contributed by atoms with Gasteiger partial charge in [0.15, 0.2) is 17.2 Å². The number of ether oxygens (including phenoxy) is 3. The second-order valence-corrected chi connectivity index (χ2v) is 8.46. The lowest BCUT2D eigenvalue weighted by Gasteiger charge is -2.32. The number of anilines is 1. The maximum Gasteiger partial charge on any atom is 0.417 e. The minimum Gasteiger partial charge on any atom is -0.493 e. The fourth-order valence-electron chi connectivity index (χ4n) is 4.05. The van der Waals surface area contributed by atoms with Crippen LogP contribution in [-0.2, 0) is 9.53 Å². The van der Waals surface area contributed by atoms with Crippen LogP contribution in [0.15, 0.2) is 30.5 Å². The maximum absolute atomic E-state index is 14.4.